The van der Waals surface area contributed by atoms with Gasteiger partial charge in [-0.3, -0.25) is 9.69 Å². The molecule has 4 heteroatoms. The van der Waals surface area contributed by atoms with E-state index >= 15 is 0 Å². The van der Waals surface area contributed by atoms with Gasteiger partial charge < -0.3 is 4.90 Å². The van der Waals surface area contributed by atoms with E-state index in [1.165, 1.54) is 37.7 Å². The highest BCUT2D eigenvalue weighted by molar-refractivity contribution is 7.07. The van der Waals surface area contributed by atoms with Crippen LogP contribution in [0.4, 0.5) is 0 Å². The first-order valence-electron chi connectivity index (χ1n) is 8.82. The lowest BCUT2D eigenvalue weighted by Gasteiger charge is -2.35. The largest absolute Gasteiger partial charge is 0.340 e. The topological polar surface area (TPSA) is 23.6 Å². The van der Waals surface area contributed by atoms with Gasteiger partial charge in [-0.05, 0) is 34.7 Å². The predicted octanol–water partition coefficient (Wildman–Crippen LogP) is 3.75. The number of thiophene rings is 1. The van der Waals surface area contributed by atoms with Gasteiger partial charge in [-0.2, -0.15) is 11.3 Å². The van der Waals surface area contributed by atoms with Crippen molar-refractivity contribution in [3.8, 4) is 0 Å². The Morgan fingerprint density at radius 2 is 1.91 bits per heavy atom. The van der Waals surface area contributed by atoms with Crippen molar-refractivity contribution in [3.05, 3.63) is 22.4 Å². The number of nitrogens with zero attached hydrogens (tertiary/aromatic N) is 2. The Labute approximate surface area is 138 Å². The molecule has 1 aliphatic heterocycles. The summed E-state index contributed by atoms with van der Waals surface area (Å²) in [6.07, 6.45) is 8.74. The van der Waals surface area contributed by atoms with Crippen LogP contribution in [-0.4, -0.2) is 41.9 Å². The molecule has 2 aliphatic rings. The van der Waals surface area contributed by atoms with Crippen LogP contribution in [0, 0.1) is 5.92 Å². The van der Waals surface area contributed by atoms with Crippen molar-refractivity contribution in [2.24, 2.45) is 5.92 Å². The Kier molecular flexibility index (Phi) is 5.90. The lowest BCUT2D eigenvalue weighted by Crippen LogP contribution is -2.48. The first kappa shape index (κ1) is 16.0. The fraction of sp³-hybridized carbons (Fsp3) is 0.722. The molecule has 1 aromatic heterocycles. The van der Waals surface area contributed by atoms with Gasteiger partial charge in [0.2, 0.25) is 5.91 Å². The lowest BCUT2D eigenvalue weighted by molar-refractivity contribution is -0.133. The van der Waals surface area contributed by atoms with Crippen molar-refractivity contribution < 1.29 is 4.79 Å². The molecule has 1 aromatic rings. The van der Waals surface area contributed by atoms with Crippen LogP contribution in [0.5, 0.6) is 0 Å². The normalized spacial score (nSPS) is 21.2. The van der Waals surface area contributed by atoms with Gasteiger partial charge in [0.05, 0.1) is 0 Å². The standard InChI is InChI=1S/C18H28N2OS/c21-18(7-6-16-4-2-1-3-5-16)20-11-9-19(10-12-20)14-17-8-13-22-15-17/h8,13,15-16H,1-7,9-12,14H2. The molecule has 0 unspecified atom stereocenters. The van der Waals surface area contributed by atoms with Gasteiger partial charge >= 0.3 is 0 Å². The summed E-state index contributed by atoms with van der Waals surface area (Å²) in [6, 6.07) is 2.20. The quantitative estimate of drug-likeness (QED) is 0.825. The van der Waals surface area contributed by atoms with Gasteiger partial charge in [0.25, 0.3) is 0 Å². The van der Waals surface area contributed by atoms with Crippen LogP contribution in [0.2, 0.25) is 0 Å². The summed E-state index contributed by atoms with van der Waals surface area (Å²) >= 11 is 1.76. The van der Waals surface area contributed by atoms with Crippen molar-refractivity contribution in [1.29, 1.82) is 0 Å². The van der Waals surface area contributed by atoms with Crippen LogP contribution in [0.15, 0.2) is 16.8 Å². The number of hydrogen-bond donors (Lipinski definition) is 0. The van der Waals surface area contributed by atoms with Crippen molar-refractivity contribution in [2.45, 2.75) is 51.5 Å². The number of amides is 1. The zero-order chi connectivity index (χ0) is 15.2. The monoisotopic (exact) mass is 320 g/mol. The molecule has 0 atom stereocenters. The molecule has 122 valence electrons. The Morgan fingerprint density at radius 1 is 1.14 bits per heavy atom. The third kappa shape index (κ3) is 4.56. The first-order chi connectivity index (χ1) is 10.8. The molecule has 3 rings (SSSR count). The molecule has 0 spiro atoms. The summed E-state index contributed by atoms with van der Waals surface area (Å²) in [5.41, 5.74) is 1.40. The highest BCUT2D eigenvalue weighted by atomic mass is 32.1. The van der Waals surface area contributed by atoms with E-state index in [4.69, 9.17) is 0 Å². The number of hydrogen-bond acceptors (Lipinski definition) is 3. The van der Waals surface area contributed by atoms with E-state index in [1.54, 1.807) is 11.3 Å². The highest BCUT2D eigenvalue weighted by Crippen LogP contribution is 2.27. The summed E-state index contributed by atoms with van der Waals surface area (Å²) in [5, 5.41) is 4.36. The number of carbonyl (C=O) groups excluding carboxylic acids is 1. The Bertz CT molecular complexity index is 446. The Morgan fingerprint density at radius 3 is 2.59 bits per heavy atom. The van der Waals surface area contributed by atoms with E-state index in [0.29, 0.717) is 5.91 Å². The lowest BCUT2D eigenvalue weighted by atomic mass is 9.86. The summed E-state index contributed by atoms with van der Waals surface area (Å²) in [5.74, 6) is 1.21. The van der Waals surface area contributed by atoms with Crippen LogP contribution in [0.3, 0.4) is 0 Å². The molecule has 1 aliphatic carbocycles. The number of piperazine rings is 1. The third-order valence-corrected chi connectivity index (χ3v) is 5.93. The summed E-state index contributed by atoms with van der Waals surface area (Å²) in [7, 11) is 0. The van der Waals surface area contributed by atoms with Crippen molar-refractivity contribution in [1.82, 2.24) is 9.80 Å². The zero-order valence-electron chi connectivity index (χ0n) is 13.5. The highest BCUT2D eigenvalue weighted by Gasteiger charge is 2.22. The fourth-order valence-electron chi connectivity index (χ4n) is 3.76. The van der Waals surface area contributed by atoms with Gasteiger partial charge in [-0.1, -0.05) is 32.1 Å². The summed E-state index contributed by atoms with van der Waals surface area (Å²) < 4.78 is 0. The van der Waals surface area contributed by atoms with E-state index in [9.17, 15) is 4.79 Å². The van der Waals surface area contributed by atoms with Crippen LogP contribution in [0.1, 0.15) is 50.5 Å². The molecule has 2 heterocycles. The average molecular weight is 321 g/mol. The number of carbonyl (C=O) groups is 1. The van der Waals surface area contributed by atoms with Crippen LogP contribution >= 0.6 is 11.3 Å². The van der Waals surface area contributed by atoms with Crippen molar-refractivity contribution >= 4 is 17.2 Å². The SMILES string of the molecule is O=C(CCC1CCCCC1)N1CCN(Cc2ccsc2)CC1. The van der Waals surface area contributed by atoms with E-state index in [2.05, 4.69) is 26.6 Å². The van der Waals surface area contributed by atoms with Crippen molar-refractivity contribution in [3.63, 3.8) is 0 Å². The third-order valence-electron chi connectivity index (χ3n) is 5.20. The molecule has 1 amide bonds. The molecule has 22 heavy (non-hydrogen) atoms. The van der Waals surface area contributed by atoms with Crippen LogP contribution in [0.25, 0.3) is 0 Å². The molecule has 3 nitrogen and oxygen atoms in total. The van der Waals surface area contributed by atoms with Gasteiger partial charge in [-0.25, -0.2) is 0 Å². The second kappa shape index (κ2) is 8.11. The van der Waals surface area contributed by atoms with Gasteiger partial charge in [0.1, 0.15) is 0 Å². The molecule has 1 saturated carbocycles. The predicted molar refractivity (Wildman–Crippen MR) is 92.0 cm³/mol. The molecule has 0 bridgehead atoms. The number of rotatable bonds is 5. The van der Waals surface area contributed by atoms with Gasteiger partial charge in [0, 0.05) is 39.1 Å². The van der Waals surface area contributed by atoms with Gasteiger partial charge in [0.15, 0.2) is 0 Å². The van der Waals surface area contributed by atoms with E-state index in [1.807, 2.05) is 0 Å². The minimum Gasteiger partial charge on any atom is -0.340 e. The van der Waals surface area contributed by atoms with E-state index < -0.39 is 0 Å². The maximum absolute atomic E-state index is 12.4. The van der Waals surface area contributed by atoms with Crippen LogP contribution < -0.4 is 0 Å². The Balaban J connectivity index is 1.36. The van der Waals surface area contributed by atoms with Gasteiger partial charge in [-0.15, -0.1) is 0 Å². The Hall–Kier alpha value is -0.870. The minimum atomic E-state index is 0.390. The maximum Gasteiger partial charge on any atom is 0.222 e. The van der Waals surface area contributed by atoms with Crippen LogP contribution in [-0.2, 0) is 11.3 Å². The molecular weight excluding hydrogens is 292 g/mol. The average Bonchev–Trinajstić information content (AvgIpc) is 3.07. The molecular formula is C18H28N2OS. The molecule has 1 saturated heterocycles. The smallest absolute Gasteiger partial charge is 0.222 e. The van der Waals surface area contributed by atoms with Crippen molar-refractivity contribution in [2.75, 3.05) is 26.2 Å². The van der Waals surface area contributed by atoms with E-state index in [-0.39, 0.29) is 0 Å². The fourth-order valence-corrected chi connectivity index (χ4v) is 4.42. The minimum absolute atomic E-state index is 0.390. The molecule has 0 aromatic carbocycles. The zero-order valence-corrected chi connectivity index (χ0v) is 14.3. The second-order valence-electron chi connectivity index (χ2n) is 6.83. The molecule has 0 radical (unpaired) electrons. The summed E-state index contributed by atoms with van der Waals surface area (Å²) in [6.45, 7) is 4.89. The molecule has 2 fully saturated rings. The first-order valence-corrected chi connectivity index (χ1v) is 9.77. The molecule has 0 N–H and O–H groups in total. The van der Waals surface area contributed by atoms with E-state index in [0.717, 1.165) is 51.5 Å². The second-order valence-corrected chi connectivity index (χ2v) is 7.61. The summed E-state index contributed by atoms with van der Waals surface area (Å²) in [4.78, 5) is 16.9. The maximum atomic E-state index is 12.4.